The van der Waals surface area contributed by atoms with Crippen LogP contribution in [-0.4, -0.2) is 32.4 Å². The number of rotatable bonds is 11. The Morgan fingerprint density at radius 2 is 1.85 bits per heavy atom. The van der Waals surface area contributed by atoms with Gasteiger partial charge in [0.05, 0.1) is 6.61 Å². The molecule has 1 rings (SSSR count). The summed E-state index contributed by atoms with van der Waals surface area (Å²) >= 11 is 0. The summed E-state index contributed by atoms with van der Waals surface area (Å²) in [5, 5.41) is 3.44. The number of nitrogens with one attached hydrogen (secondary N) is 1. The highest BCUT2D eigenvalue weighted by Gasteiger charge is 2.01. The predicted octanol–water partition coefficient (Wildman–Crippen LogP) is 3.42. The Bertz CT molecular complexity index is 337. The van der Waals surface area contributed by atoms with Gasteiger partial charge in [0.25, 0.3) is 0 Å². The van der Waals surface area contributed by atoms with Gasteiger partial charge in [-0.1, -0.05) is 19.1 Å². The minimum Gasteiger partial charge on any atom is -0.494 e. The van der Waals surface area contributed by atoms with Crippen molar-refractivity contribution in [3.8, 4) is 5.75 Å². The van der Waals surface area contributed by atoms with Gasteiger partial charge in [-0.15, -0.1) is 0 Å². The average Bonchev–Trinajstić information content (AvgIpc) is 2.46. The van der Waals surface area contributed by atoms with Gasteiger partial charge in [0.1, 0.15) is 5.75 Å². The van der Waals surface area contributed by atoms with Crippen LogP contribution in [0, 0.1) is 0 Å². The second kappa shape index (κ2) is 10.7. The molecule has 114 valence electrons. The molecule has 0 fully saturated rings. The molecule has 0 heterocycles. The fourth-order valence-corrected chi connectivity index (χ4v) is 2.08. The van der Waals surface area contributed by atoms with Crippen LogP contribution >= 0.6 is 0 Å². The Morgan fingerprint density at radius 3 is 2.50 bits per heavy atom. The molecule has 0 aliphatic rings. The van der Waals surface area contributed by atoms with E-state index in [4.69, 9.17) is 9.47 Å². The zero-order valence-corrected chi connectivity index (χ0v) is 13.2. The maximum atomic E-state index is 5.68. The van der Waals surface area contributed by atoms with E-state index >= 15 is 0 Å². The predicted molar refractivity (Wildman–Crippen MR) is 84.5 cm³/mol. The molecule has 0 aromatic heterocycles. The van der Waals surface area contributed by atoms with E-state index in [1.165, 1.54) is 12.0 Å². The van der Waals surface area contributed by atoms with Crippen molar-refractivity contribution >= 4 is 0 Å². The van der Waals surface area contributed by atoms with E-state index in [-0.39, 0.29) is 0 Å². The SMILES string of the molecule is CCNC(C)CCc1ccc(OCCCOCC)cc1. The highest BCUT2D eigenvalue weighted by Crippen LogP contribution is 2.14. The third-order valence-corrected chi connectivity index (χ3v) is 3.25. The topological polar surface area (TPSA) is 30.5 Å². The Morgan fingerprint density at radius 1 is 1.10 bits per heavy atom. The Kier molecular flexibility index (Phi) is 9.09. The van der Waals surface area contributed by atoms with Crippen molar-refractivity contribution in [1.82, 2.24) is 5.32 Å². The van der Waals surface area contributed by atoms with Crippen LogP contribution in [0.4, 0.5) is 0 Å². The molecule has 0 spiro atoms. The second-order valence-corrected chi connectivity index (χ2v) is 5.04. The molecule has 1 aromatic carbocycles. The van der Waals surface area contributed by atoms with Gasteiger partial charge >= 0.3 is 0 Å². The van der Waals surface area contributed by atoms with E-state index in [1.54, 1.807) is 0 Å². The Balaban J connectivity index is 2.22. The zero-order valence-electron chi connectivity index (χ0n) is 13.2. The number of benzene rings is 1. The van der Waals surface area contributed by atoms with E-state index in [2.05, 4.69) is 43.4 Å². The smallest absolute Gasteiger partial charge is 0.119 e. The molecular formula is C17H29NO2. The summed E-state index contributed by atoms with van der Waals surface area (Å²) in [5.74, 6) is 0.949. The lowest BCUT2D eigenvalue weighted by atomic mass is 10.1. The zero-order chi connectivity index (χ0) is 14.6. The third-order valence-electron chi connectivity index (χ3n) is 3.25. The molecule has 0 bridgehead atoms. The first-order valence-electron chi connectivity index (χ1n) is 7.79. The van der Waals surface area contributed by atoms with Crippen LogP contribution in [0.3, 0.4) is 0 Å². The van der Waals surface area contributed by atoms with Gasteiger partial charge in [0.2, 0.25) is 0 Å². The molecule has 1 N–H and O–H groups in total. The maximum Gasteiger partial charge on any atom is 0.119 e. The lowest BCUT2D eigenvalue weighted by Gasteiger charge is -2.12. The van der Waals surface area contributed by atoms with Gasteiger partial charge in [-0.05, 0) is 50.9 Å². The van der Waals surface area contributed by atoms with E-state index in [1.807, 2.05) is 6.92 Å². The van der Waals surface area contributed by atoms with Crippen molar-refractivity contribution in [2.24, 2.45) is 0 Å². The molecule has 0 aliphatic heterocycles. The van der Waals surface area contributed by atoms with E-state index in [0.717, 1.165) is 45.0 Å². The first kappa shape index (κ1) is 17.0. The summed E-state index contributed by atoms with van der Waals surface area (Å²) in [6, 6.07) is 9.03. The van der Waals surface area contributed by atoms with Crippen molar-refractivity contribution in [3.63, 3.8) is 0 Å². The summed E-state index contributed by atoms with van der Waals surface area (Å²) in [7, 11) is 0. The summed E-state index contributed by atoms with van der Waals surface area (Å²) in [6.45, 7) is 9.70. The molecule has 0 aliphatic carbocycles. The van der Waals surface area contributed by atoms with Crippen LogP contribution in [-0.2, 0) is 11.2 Å². The molecule has 0 saturated heterocycles. The molecule has 0 amide bonds. The molecule has 1 aromatic rings. The van der Waals surface area contributed by atoms with Crippen molar-refractivity contribution in [2.75, 3.05) is 26.4 Å². The van der Waals surface area contributed by atoms with Gasteiger partial charge < -0.3 is 14.8 Å². The first-order chi connectivity index (χ1) is 9.76. The number of hydrogen-bond donors (Lipinski definition) is 1. The Hall–Kier alpha value is -1.06. The van der Waals surface area contributed by atoms with Crippen LogP contribution in [0.1, 0.15) is 39.2 Å². The molecule has 20 heavy (non-hydrogen) atoms. The van der Waals surface area contributed by atoms with Gasteiger partial charge in [-0.2, -0.15) is 0 Å². The summed E-state index contributed by atoms with van der Waals surface area (Å²) < 4.78 is 11.0. The van der Waals surface area contributed by atoms with Crippen LogP contribution < -0.4 is 10.1 Å². The molecule has 0 saturated carbocycles. The minimum absolute atomic E-state index is 0.578. The van der Waals surface area contributed by atoms with Crippen molar-refractivity contribution in [1.29, 1.82) is 0 Å². The van der Waals surface area contributed by atoms with Crippen molar-refractivity contribution in [3.05, 3.63) is 29.8 Å². The second-order valence-electron chi connectivity index (χ2n) is 5.04. The number of aryl methyl sites for hydroxylation is 1. The molecule has 3 nitrogen and oxygen atoms in total. The molecular weight excluding hydrogens is 250 g/mol. The van der Waals surface area contributed by atoms with Gasteiger partial charge in [0.15, 0.2) is 0 Å². The first-order valence-corrected chi connectivity index (χ1v) is 7.79. The van der Waals surface area contributed by atoms with Crippen LogP contribution in [0.25, 0.3) is 0 Å². The monoisotopic (exact) mass is 279 g/mol. The van der Waals surface area contributed by atoms with Crippen LogP contribution in [0.15, 0.2) is 24.3 Å². The third kappa shape index (κ3) is 7.51. The van der Waals surface area contributed by atoms with Crippen LogP contribution in [0.2, 0.25) is 0 Å². The number of hydrogen-bond acceptors (Lipinski definition) is 3. The maximum absolute atomic E-state index is 5.68. The molecule has 1 atom stereocenters. The summed E-state index contributed by atoms with van der Waals surface area (Å²) in [5.41, 5.74) is 1.37. The molecule has 3 heteroatoms. The van der Waals surface area contributed by atoms with Gasteiger partial charge in [-0.25, -0.2) is 0 Å². The highest BCUT2D eigenvalue weighted by molar-refractivity contribution is 5.27. The molecule has 0 radical (unpaired) electrons. The van der Waals surface area contributed by atoms with E-state index < -0.39 is 0 Å². The fraction of sp³-hybridized carbons (Fsp3) is 0.647. The Labute approximate surface area is 123 Å². The van der Waals surface area contributed by atoms with Gasteiger partial charge in [0, 0.05) is 25.7 Å². The van der Waals surface area contributed by atoms with Gasteiger partial charge in [-0.3, -0.25) is 0 Å². The van der Waals surface area contributed by atoms with E-state index in [9.17, 15) is 0 Å². The number of ether oxygens (including phenoxy) is 2. The van der Waals surface area contributed by atoms with Crippen LogP contribution in [0.5, 0.6) is 5.75 Å². The van der Waals surface area contributed by atoms with Crippen molar-refractivity contribution in [2.45, 2.75) is 46.1 Å². The molecule has 1 unspecified atom stereocenters. The summed E-state index contributed by atoms with van der Waals surface area (Å²) in [6.07, 6.45) is 3.22. The lowest BCUT2D eigenvalue weighted by Crippen LogP contribution is -2.25. The lowest BCUT2D eigenvalue weighted by molar-refractivity contribution is 0.131. The highest BCUT2D eigenvalue weighted by atomic mass is 16.5. The fourth-order valence-electron chi connectivity index (χ4n) is 2.08. The normalized spacial score (nSPS) is 12.3. The minimum atomic E-state index is 0.578. The standard InChI is InChI=1S/C17H29NO2/c1-4-18-15(3)7-8-16-9-11-17(12-10-16)20-14-6-13-19-5-2/h9-12,15,18H,4-8,13-14H2,1-3H3. The largest absolute Gasteiger partial charge is 0.494 e. The average molecular weight is 279 g/mol. The van der Waals surface area contributed by atoms with E-state index in [0.29, 0.717) is 6.04 Å². The quantitative estimate of drug-likeness (QED) is 0.630. The van der Waals surface area contributed by atoms with Crippen molar-refractivity contribution < 1.29 is 9.47 Å². The summed E-state index contributed by atoms with van der Waals surface area (Å²) in [4.78, 5) is 0.